The molecule has 4 aromatic rings. The van der Waals surface area contributed by atoms with Crippen LogP contribution in [0.15, 0.2) is 72.1 Å². The minimum atomic E-state index is 0.603. The molecule has 0 saturated heterocycles. The van der Waals surface area contributed by atoms with E-state index in [0.29, 0.717) is 15.8 Å². The summed E-state index contributed by atoms with van der Waals surface area (Å²) in [6.45, 7) is 0. The Kier molecular flexibility index (Phi) is 6.39. The van der Waals surface area contributed by atoms with Gasteiger partial charge in [0.05, 0.1) is 0 Å². The Hall–Kier alpha value is -2.78. The van der Waals surface area contributed by atoms with Gasteiger partial charge in [-0.1, -0.05) is 71.1 Å². The van der Waals surface area contributed by atoms with Crippen LogP contribution < -0.4 is 0 Å². The molecule has 4 nitrogen and oxygen atoms in total. The fraction of sp³-hybridized carbons (Fsp3) is 0.0870. The van der Waals surface area contributed by atoms with Gasteiger partial charge in [0.25, 0.3) is 0 Å². The molecule has 0 aliphatic heterocycles. The SMILES string of the molecule is Cn1c(SCc2c(Cl)cccc2Cl)nnc1-c1cncc(C#Cc2ccccc2)c1. The number of rotatable bonds is 4. The third-order valence-corrected chi connectivity index (χ3v) is 6.12. The van der Waals surface area contributed by atoms with Crippen molar-refractivity contribution in [3.05, 3.63) is 93.7 Å². The van der Waals surface area contributed by atoms with Crippen LogP contribution >= 0.6 is 35.0 Å². The van der Waals surface area contributed by atoms with Crippen molar-refractivity contribution >= 4 is 35.0 Å². The number of pyridine rings is 1. The number of aromatic nitrogens is 4. The maximum Gasteiger partial charge on any atom is 0.191 e. The van der Waals surface area contributed by atoms with E-state index in [9.17, 15) is 0 Å². The Labute approximate surface area is 189 Å². The van der Waals surface area contributed by atoms with Gasteiger partial charge in [0.2, 0.25) is 0 Å². The van der Waals surface area contributed by atoms with Gasteiger partial charge in [0.1, 0.15) is 0 Å². The lowest BCUT2D eigenvalue weighted by molar-refractivity contribution is 0.793. The normalized spacial score (nSPS) is 10.5. The monoisotopic (exact) mass is 450 g/mol. The lowest BCUT2D eigenvalue weighted by atomic mass is 10.1. The summed E-state index contributed by atoms with van der Waals surface area (Å²) in [7, 11) is 1.92. The molecule has 0 spiro atoms. The molecule has 2 aromatic heterocycles. The molecule has 0 atom stereocenters. The van der Waals surface area contributed by atoms with Gasteiger partial charge < -0.3 is 4.57 Å². The van der Waals surface area contributed by atoms with Gasteiger partial charge in [-0.3, -0.25) is 4.98 Å². The highest BCUT2D eigenvalue weighted by Gasteiger charge is 2.14. The minimum absolute atomic E-state index is 0.603. The van der Waals surface area contributed by atoms with Gasteiger partial charge >= 0.3 is 0 Å². The van der Waals surface area contributed by atoms with Crippen LogP contribution in [0.1, 0.15) is 16.7 Å². The molecular formula is C23H16Cl2N4S. The lowest BCUT2D eigenvalue weighted by Gasteiger charge is -2.07. The van der Waals surface area contributed by atoms with Gasteiger partial charge in [-0.2, -0.15) is 0 Å². The zero-order chi connectivity index (χ0) is 20.9. The van der Waals surface area contributed by atoms with Crippen molar-refractivity contribution in [2.75, 3.05) is 0 Å². The molecule has 2 heterocycles. The minimum Gasteiger partial charge on any atom is -0.305 e. The van der Waals surface area contributed by atoms with Crippen molar-refractivity contribution in [2.24, 2.45) is 7.05 Å². The van der Waals surface area contributed by atoms with E-state index in [4.69, 9.17) is 23.2 Å². The zero-order valence-corrected chi connectivity index (χ0v) is 18.3. The molecule has 0 aliphatic carbocycles. The topological polar surface area (TPSA) is 43.6 Å². The van der Waals surface area contributed by atoms with E-state index in [-0.39, 0.29) is 0 Å². The molecule has 0 radical (unpaired) electrons. The highest BCUT2D eigenvalue weighted by molar-refractivity contribution is 7.98. The van der Waals surface area contributed by atoms with Crippen LogP contribution in [0.3, 0.4) is 0 Å². The molecule has 0 unspecified atom stereocenters. The van der Waals surface area contributed by atoms with E-state index in [2.05, 4.69) is 27.0 Å². The molecule has 7 heteroatoms. The Balaban J connectivity index is 1.55. The third-order valence-electron chi connectivity index (χ3n) is 4.36. The van der Waals surface area contributed by atoms with Crippen molar-refractivity contribution in [3.8, 4) is 23.2 Å². The standard InChI is InChI=1S/C23H16Cl2N4S/c1-29-22(27-28-23(29)30-15-19-20(24)8-5-9-21(19)25)18-12-17(13-26-14-18)11-10-16-6-3-2-4-7-16/h2-9,12-14H,15H2,1H3. The summed E-state index contributed by atoms with van der Waals surface area (Å²) in [4.78, 5) is 4.32. The molecule has 0 amide bonds. The van der Waals surface area contributed by atoms with Crippen molar-refractivity contribution in [1.29, 1.82) is 0 Å². The molecule has 30 heavy (non-hydrogen) atoms. The first-order valence-corrected chi connectivity index (χ1v) is 10.8. The second kappa shape index (κ2) is 9.36. The summed E-state index contributed by atoms with van der Waals surface area (Å²) in [6, 6.07) is 17.3. The first kappa shape index (κ1) is 20.5. The number of nitrogens with zero attached hydrogens (tertiary/aromatic N) is 4. The van der Waals surface area contributed by atoms with E-state index >= 15 is 0 Å². The summed E-state index contributed by atoms with van der Waals surface area (Å²) in [5.74, 6) is 7.62. The smallest absolute Gasteiger partial charge is 0.191 e. The third kappa shape index (κ3) is 4.68. The van der Waals surface area contributed by atoms with Crippen LogP contribution in [0.5, 0.6) is 0 Å². The van der Waals surface area contributed by atoms with Crippen LogP contribution in [0, 0.1) is 11.8 Å². The second-order valence-corrected chi connectivity index (χ2v) is 8.19. The maximum absolute atomic E-state index is 6.27. The predicted octanol–water partition coefficient (Wildman–Crippen LogP) is 5.88. The van der Waals surface area contributed by atoms with Crippen molar-refractivity contribution in [2.45, 2.75) is 10.9 Å². The maximum atomic E-state index is 6.27. The summed E-state index contributed by atoms with van der Waals surface area (Å²) in [5.41, 5.74) is 3.51. The summed E-state index contributed by atoms with van der Waals surface area (Å²) in [5, 5.41) is 10.7. The summed E-state index contributed by atoms with van der Waals surface area (Å²) in [6.07, 6.45) is 3.50. The molecule has 148 valence electrons. The summed E-state index contributed by atoms with van der Waals surface area (Å²) < 4.78 is 1.93. The molecule has 0 saturated carbocycles. The summed E-state index contributed by atoms with van der Waals surface area (Å²) >= 11 is 14.1. The molecule has 0 fully saturated rings. The largest absolute Gasteiger partial charge is 0.305 e. The van der Waals surface area contributed by atoms with E-state index in [1.165, 1.54) is 11.8 Å². The van der Waals surface area contributed by atoms with E-state index in [1.54, 1.807) is 12.4 Å². The Morgan fingerprint density at radius 3 is 2.40 bits per heavy atom. The van der Waals surface area contributed by atoms with Crippen LogP contribution in [-0.2, 0) is 12.8 Å². The lowest BCUT2D eigenvalue weighted by Crippen LogP contribution is -1.96. The Morgan fingerprint density at radius 1 is 0.900 bits per heavy atom. The molecule has 4 rings (SSSR count). The van der Waals surface area contributed by atoms with Crippen molar-refractivity contribution < 1.29 is 0 Å². The van der Waals surface area contributed by atoms with Gasteiger partial charge in [0, 0.05) is 51.9 Å². The number of benzene rings is 2. The van der Waals surface area contributed by atoms with E-state index in [0.717, 1.165) is 33.2 Å². The van der Waals surface area contributed by atoms with Crippen LogP contribution in [0.25, 0.3) is 11.4 Å². The first-order chi connectivity index (χ1) is 14.6. The van der Waals surface area contributed by atoms with Crippen LogP contribution in [-0.4, -0.2) is 19.7 Å². The quantitative estimate of drug-likeness (QED) is 0.287. The molecule has 0 bridgehead atoms. The van der Waals surface area contributed by atoms with Crippen LogP contribution in [0.4, 0.5) is 0 Å². The number of hydrogen-bond acceptors (Lipinski definition) is 4. The second-order valence-electron chi connectivity index (χ2n) is 6.43. The molecule has 0 N–H and O–H groups in total. The Bertz CT molecular complexity index is 1220. The average molecular weight is 451 g/mol. The number of hydrogen-bond donors (Lipinski definition) is 0. The first-order valence-electron chi connectivity index (χ1n) is 9.09. The zero-order valence-electron chi connectivity index (χ0n) is 16.0. The van der Waals surface area contributed by atoms with Gasteiger partial charge in [-0.15, -0.1) is 10.2 Å². The number of halogens is 2. The highest BCUT2D eigenvalue weighted by atomic mass is 35.5. The van der Waals surface area contributed by atoms with Crippen LogP contribution in [0.2, 0.25) is 10.0 Å². The number of thioether (sulfide) groups is 1. The van der Waals surface area contributed by atoms with Gasteiger partial charge in [0.15, 0.2) is 11.0 Å². The predicted molar refractivity (Wildman–Crippen MR) is 123 cm³/mol. The average Bonchev–Trinajstić information content (AvgIpc) is 3.13. The van der Waals surface area contributed by atoms with Crippen molar-refractivity contribution in [1.82, 2.24) is 19.7 Å². The van der Waals surface area contributed by atoms with Gasteiger partial charge in [-0.25, -0.2) is 0 Å². The van der Waals surface area contributed by atoms with Gasteiger partial charge in [-0.05, 0) is 35.9 Å². The van der Waals surface area contributed by atoms with E-state index < -0.39 is 0 Å². The fourth-order valence-electron chi connectivity index (χ4n) is 2.80. The molecule has 2 aromatic carbocycles. The molecular weight excluding hydrogens is 435 g/mol. The van der Waals surface area contributed by atoms with Crippen molar-refractivity contribution in [3.63, 3.8) is 0 Å². The fourth-order valence-corrected chi connectivity index (χ4v) is 4.45. The highest BCUT2D eigenvalue weighted by Crippen LogP contribution is 2.31. The molecule has 0 aliphatic rings. The Morgan fingerprint density at radius 2 is 1.63 bits per heavy atom. The van der Waals surface area contributed by atoms with E-state index in [1.807, 2.05) is 66.2 Å².